The van der Waals surface area contributed by atoms with Gasteiger partial charge in [0.15, 0.2) is 11.6 Å². The van der Waals surface area contributed by atoms with E-state index in [1.54, 1.807) is 13.1 Å². The van der Waals surface area contributed by atoms with Gasteiger partial charge in [0, 0.05) is 18.0 Å². The maximum Gasteiger partial charge on any atom is 0.200 e. The highest BCUT2D eigenvalue weighted by atomic mass is 19.2. The third kappa shape index (κ3) is 1.78. The predicted molar refractivity (Wildman–Crippen MR) is 57.5 cm³/mol. The Labute approximate surface area is 93.6 Å². The van der Waals surface area contributed by atoms with Crippen molar-refractivity contribution in [1.82, 2.24) is 5.32 Å². The number of hydrogen-bond donors (Lipinski definition) is 1. The topological polar surface area (TPSA) is 21.3 Å². The van der Waals surface area contributed by atoms with E-state index in [0.29, 0.717) is 5.56 Å². The van der Waals surface area contributed by atoms with Crippen LogP contribution in [0.3, 0.4) is 0 Å². The van der Waals surface area contributed by atoms with Gasteiger partial charge >= 0.3 is 0 Å². The van der Waals surface area contributed by atoms with Crippen molar-refractivity contribution in [2.45, 2.75) is 31.9 Å². The fourth-order valence-electron chi connectivity index (χ4n) is 2.10. The molecule has 0 fully saturated rings. The third-order valence-electron chi connectivity index (χ3n) is 2.88. The molecule has 0 aliphatic carbocycles. The van der Waals surface area contributed by atoms with Gasteiger partial charge in [-0.2, -0.15) is 4.39 Å². The smallest absolute Gasteiger partial charge is 0.200 e. The van der Waals surface area contributed by atoms with Gasteiger partial charge < -0.3 is 10.1 Å². The minimum Gasteiger partial charge on any atom is -0.484 e. The van der Waals surface area contributed by atoms with Crippen molar-refractivity contribution in [3.05, 3.63) is 29.3 Å². The lowest BCUT2D eigenvalue weighted by Gasteiger charge is -2.37. The van der Waals surface area contributed by atoms with Crippen LogP contribution in [0.15, 0.2) is 12.1 Å². The molecule has 0 amide bonds. The lowest BCUT2D eigenvalue weighted by atomic mass is 9.89. The molecule has 1 N–H and O–H groups in total. The minimum absolute atomic E-state index is 0.00569. The fraction of sp³-hybridized carbons (Fsp3) is 0.500. The Kier molecular flexibility index (Phi) is 2.62. The van der Waals surface area contributed by atoms with Crippen molar-refractivity contribution in [3.63, 3.8) is 0 Å². The molecule has 1 aromatic rings. The summed E-state index contributed by atoms with van der Waals surface area (Å²) in [5, 5.41) is 3.09. The van der Waals surface area contributed by atoms with E-state index in [-0.39, 0.29) is 11.8 Å². The number of ether oxygens (including phenoxy) is 1. The van der Waals surface area contributed by atoms with Crippen LogP contribution in [0.4, 0.5) is 8.78 Å². The Balaban J connectivity index is 2.54. The second-order valence-electron chi connectivity index (χ2n) is 4.69. The average Bonchev–Trinajstić information content (AvgIpc) is 2.22. The Morgan fingerprint density at radius 1 is 1.38 bits per heavy atom. The van der Waals surface area contributed by atoms with Crippen molar-refractivity contribution in [2.24, 2.45) is 0 Å². The maximum absolute atomic E-state index is 13.6. The molecule has 1 aromatic carbocycles. The van der Waals surface area contributed by atoms with Gasteiger partial charge in [-0.05, 0) is 27.0 Å². The molecule has 0 saturated carbocycles. The van der Waals surface area contributed by atoms with Crippen LogP contribution in [0.2, 0.25) is 0 Å². The first-order valence-corrected chi connectivity index (χ1v) is 5.29. The maximum atomic E-state index is 13.6. The molecule has 16 heavy (non-hydrogen) atoms. The zero-order chi connectivity index (χ0) is 11.9. The molecule has 0 bridgehead atoms. The predicted octanol–water partition coefficient (Wildman–Crippen LogP) is 2.79. The Morgan fingerprint density at radius 3 is 2.69 bits per heavy atom. The van der Waals surface area contributed by atoms with Gasteiger partial charge in [0.05, 0.1) is 0 Å². The van der Waals surface area contributed by atoms with Crippen molar-refractivity contribution < 1.29 is 13.5 Å². The molecule has 1 heterocycles. The van der Waals surface area contributed by atoms with Crippen molar-refractivity contribution >= 4 is 0 Å². The largest absolute Gasteiger partial charge is 0.484 e. The number of benzene rings is 1. The molecular weight excluding hydrogens is 212 g/mol. The summed E-state index contributed by atoms with van der Waals surface area (Å²) in [4.78, 5) is 0. The average molecular weight is 227 g/mol. The molecule has 0 aromatic heterocycles. The summed E-state index contributed by atoms with van der Waals surface area (Å²) in [6.45, 7) is 3.73. The quantitative estimate of drug-likeness (QED) is 0.796. The zero-order valence-corrected chi connectivity index (χ0v) is 9.60. The second-order valence-corrected chi connectivity index (χ2v) is 4.69. The van der Waals surface area contributed by atoms with Gasteiger partial charge in [0.2, 0.25) is 5.82 Å². The molecular formula is C12H15F2NO. The number of halogens is 2. The zero-order valence-electron chi connectivity index (χ0n) is 9.60. The first-order valence-electron chi connectivity index (χ1n) is 5.29. The van der Waals surface area contributed by atoms with E-state index in [1.165, 1.54) is 0 Å². The van der Waals surface area contributed by atoms with Crippen LogP contribution in [-0.4, -0.2) is 12.6 Å². The van der Waals surface area contributed by atoms with Gasteiger partial charge in [-0.1, -0.05) is 6.07 Å². The highest BCUT2D eigenvalue weighted by molar-refractivity contribution is 5.40. The molecule has 1 aliphatic heterocycles. The van der Waals surface area contributed by atoms with Crippen LogP contribution in [0.1, 0.15) is 31.9 Å². The highest BCUT2D eigenvalue weighted by Gasteiger charge is 2.35. The summed E-state index contributed by atoms with van der Waals surface area (Å²) >= 11 is 0. The summed E-state index contributed by atoms with van der Waals surface area (Å²) < 4.78 is 32.2. The van der Waals surface area contributed by atoms with Crippen LogP contribution in [-0.2, 0) is 0 Å². The van der Waals surface area contributed by atoms with Gasteiger partial charge in [-0.3, -0.25) is 0 Å². The summed E-state index contributed by atoms with van der Waals surface area (Å²) in [6, 6.07) is 2.71. The fourth-order valence-corrected chi connectivity index (χ4v) is 2.10. The van der Waals surface area contributed by atoms with Crippen LogP contribution in [0.25, 0.3) is 0 Å². The van der Waals surface area contributed by atoms with E-state index in [2.05, 4.69) is 5.32 Å². The third-order valence-corrected chi connectivity index (χ3v) is 2.88. The normalized spacial score (nSPS) is 22.4. The number of hydrogen-bond acceptors (Lipinski definition) is 2. The molecule has 1 unspecified atom stereocenters. The van der Waals surface area contributed by atoms with E-state index in [4.69, 9.17) is 4.74 Å². The molecule has 88 valence electrons. The van der Waals surface area contributed by atoms with Crippen molar-refractivity contribution in [3.8, 4) is 5.75 Å². The highest BCUT2D eigenvalue weighted by Crippen LogP contribution is 2.41. The van der Waals surface area contributed by atoms with Crippen LogP contribution in [0, 0.1) is 11.6 Å². The molecule has 1 aliphatic rings. The SMILES string of the molecule is CNC1CC(C)(C)Oc2c1ccc(F)c2F. The molecule has 4 heteroatoms. The summed E-state index contributed by atoms with van der Waals surface area (Å²) in [7, 11) is 1.80. The molecule has 0 radical (unpaired) electrons. The number of rotatable bonds is 1. The van der Waals surface area contributed by atoms with Crippen LogP contribution >= 0.6 is 0 Å². The van der Waals surface area contributed by atoms with Crippen LogP contribution < -0.4 is 10.1 Å². The van der Waals surface area contributed by atoms with Crippen LogP contribution in [0.5, 0.6) is 5.75 Å². The first kappa shape index (κ1) is 11.3. The lowest BCUT2D eigenvalue weighted by molar-refractivity contribution is 0.0611. The lowest BCUT2D eigenvalue weighted by Crippen LogP contribution is -2.39. The van der Waals surface area contributed by atoms with E-state index < -0.39 is 17.2 Å². The van der Waals surface area contributed by atoms with E-state index in [9.17, 15) is 8.78 Å². The Bertz CT molecular complexity index is 418. The Morgan fingerprint density at radius 2 is 2.06 bits per heavy atom. The molecule has 2 rings (SSSR count). The molecule has 2 nitrogen and oxygen atoms in total. The first-order chi connectivity index (χ1) is 7.44. The van der Waals surface area contributed by atoms with Gasteiger partial charge in [0.1, 0.15) is 5.60 Å². The summed E-state index contributed by atoms with van der Waals surface area (Å²) in [5.41, 5.74) is 0.190. The minimum atomic E-state index is -0.898. The number of fused-ring (bicyclic) bond motifs is 1. The van der Waals surface area contributed by atoms with Gasteiger partial charge in [-0.25, -0.2) is 4.39 Å². The Hall–Kier alpha value is -1.16. The molecule has 1 atom stereocenters. The van der Waals surface area contributed by atoms with E-state index in [1.807, 2.05) is 13.8 Å². The molecule has 0 saturated heterocycles. The number of nitrogens with one attached hydrogen (secondary N) is 1. The van der Waals surface area contributed by atoms with E-state index in [0.717, 1.165) is 12.5 Å². The molecule has 0 spiro atoms. The summed E-state index contributed by atoms with van der Waals surface area (Å²) in [5.74, 6) is -1.73. The van der Waals surface area contributed by atoms with Crippen molar-refractivity contribution in [1.29, 1.82) is 0 Å². The standard InChI is InChI=1S/C12H15F2NO/c1-12(2)6-9(15-3)7-4-5-8(13)10(14)11(7)16-12/h4-5,9,15H,6H2,1-3H3. The van der Waals surface area contributed by atoms with Gasteiger partial charge in [0.25, 0.3) is 0 Å². The summed E-state index contributed by atoms with van der Waals surface area (Å²) in [6.07, 6.45) is 0.724. The van der Waals surface area contributed by atoms with Crippen molar-refractivity contribution in [2.75, 3.05) is 7.05 Å². The second kappa shape index (κ2) is 3.70. The van der Waals surface area contributed by atoms with Gasteiger partial charge in [-0.15, -0.1) is 0 Å². The van der Waals surface area contributed by atoms with E-state index >= 15 is 0 Å². The monoisotopic (exact) mass is 227 g/mol.